The molecule has 2 saturated heterocycles. The van der Waals surface area contributed by atoms with Crippen molar-refractivity contribution in [3.8, 4) is 0 Å². The zero-order valence-corrected chi connectivity index (χ0v) is 73.7. The molecular weight excluding hydrogens is 1910 g/mol. The molecule has 2 heterocycles. The Kier molecular flexibility index (Phi) is 30.1. The summed E-state index contributed by atoms with van der Waals surface area (Å²) in [6, 6.07) is 29.5. The molecule has 2 amide bonds. The molecule has 6 aliphatic carbocycles. The zero-order chi connectivity index (χ0) is 80.5. The van der Waals surface area contributed by atoms with E-state index >= 15 is 0 Å². The smallest absolute Gasteiger partial charge is 0.350 e. The quantitative estimate of drug-likeness (QED) is 0.0292. The average Bonchev–Trinajstić information content (AvgIpc) is 0.688. The summed E-state index contributed by atoms with van der Waals surface area (Å²) in [5.41, 5.74) is -11.1. The molecule has 32 heteroatoms. The number of amides is 2. The summed E-state index contributed by atoms with van der Waals surface area (Å²) in [5.74, 6) is -13.4. The number of fused-ring (bicyclic) bond motifs is 10. The molecule has 4 aromatic rings. The van der Waals surface area contributed by atoms with Gasteiger partial charge in [0.25, 0.3) is 11.8 Å². The van der Waals surface area contributed by atoms with E-state index in [0.29, 0.717) is 5.56 Å². The van der Waals surface area contributed by atoms with Crippen LogP contribution in [0.5, 0.6) is 0 Å². The number of hydrogen-bond donors (Lipinski definition) is 9. The molecular formula is C80H93Ac2ClN2O27. The van der Waals surface area contributed by atoms with Crippen LogP contribution in [-0.2, 0) is 76.2 Å². The summed E-state index contributed by atoms with van der Waals surface area (Å²) in [5, 5.41) is 89.5. The number of aliphatic hydroxyl groups is 7. The van der Waals surface area contributed by atoms with Gasteiger partial charge in [0.1, 0.15) is 52.7 Å². The van der Waals surface area contributed by atoms with Crippen LogP contribution in [-0.4, -0.2) is 228 Å². The second-order valence-electron chi connectivity index (χ2n) is 29.7. The van der Waals surface area contributed by atoms with E-state index < -0.39 is 227 Å². The van der Waals surface area contributed by atoms with Gasteiger partial charge in [-0.15, -0.1) is 11.6 Å². The topological polar surface area (TPSA) is 437 Å². The number of nitrogens with one attached hydrogen (secondary N) is 2. The first-order valence-corrected chi connectivity index (χ1v) is 36.9. The van der Waals surface area contributed by atoms with Gasteiger partial charge in [-0.25, -0.2) is 19.2 Å². The van der Waals surface area contributed by atoms with Crippen molar-refractivity contribution in [1.82, 2.24) is 10.6 Å². The van der Waals surface area contributed by atoms with Crippen LogP contribution < -0.4 is 10.6 Å². The zero-order valence-electron chi connectivity index (χ0n) is 63.5. The first-order chi connectivity index (χ1) is 51.9. The summed E-state index contributed by atoms with van der Waals surface area (Å²) >= 11 is 5.71. The normalized spacial score (nSPS) is 32.8. The van der Waals surface area contributed by atoms with Crippen molar-refractivity contribution in [2.24, 2.45) is 22.7 Å². The third kappa shape index (κ3) is 17.8. The SMILES string of the molecule is CC.CC(=O)O[C@H]1C(=O)[C@@]2(C)[C@H]([C@H](OC(=O)c3ccccc3)[C@@]3(O)CC1=C(C)[C@@H](OC(=O)[C@H](O)[C@H](C)NC(=O)c1ccccc1)C3)[C@]1(O)CO[C@@H]1C[C@@H]2O.CC(=O)O[C@H]1C(=O)[C@@]2(C)[C@H]([C@H](OC(=O)c3ccccc3)[C@@]3(O)CC1=C(C)[C@@H](OC(=O)[C@H](OC(=O)CCl)[C@H](C)NC(=O)c1ccccc1)C3)[C@]1(O)CO[C@@H]1C[C@@H]2O.[Ac].[Ac]. The van der Waals surface area contributed by atoms with Gasteiger partial charge in [-0.05, 0) is 112 Å². The van der Waals surface area contributed by atoms with Crippen molar-refractivity contribution in [2.45, 2.75) is 215 Å². The van der Waals surface area contributed by atoms with Crippen molar-refractivity contribution < 1.29 is 219 Å². The molecule has 2 radical (unpaired) electrons. The number of rotatable bonds is 18. The van der Waals surface area contributed by atoms with E-state index in [2.05, 4.69) is 10.6 Å². The predicted molar refractivity (Wildman–Crippen MR) is 384 cm³/mol. The number of hydrogen-bond acceptors (Lipinski definition) is 27. The van der Waals surface area contributed by atoms with E-state index in [1.165, 1.54) is 77.9 Å². The number of benzene rings is 4. The molecule has 598 valence electrons. The standard InChI is InChI=1S/C40H44ClNO14.C38H43NO13.C2H6.2Ac/c1-20-25-16-39(50,17-26(20)54-37(49)30(55-29(45)18-41)21(2)42-35(47)23-11-7-5-8-12-23)34(56-36(48)24-13-9-6-10-14-24)32-38(4,33(46)31(25)53-22(3)43)27(44)15-28-40(32,51)19-52-28;1-19-24-16-37(47,17-25(19)51-35(46)28(42)20(2)39-33(44)22-11-7-5-8-12-22)32(52-34(45)23-13-9-6-10-14-23)30-36(4,31(43)29(24)50-21(3)40)26(41)15-27-38(30,48)18-49-27;1-2;;/h5-14,21,26-28,30-32,34,44,50-51H,15-19H2,1-4H3,(H,42,47);5-14,20,25-30,32,41-42,47-48H,15-18H2,1-4H3,(H,39,44);1-2H3;;/t21-,26-,27-,28+,30+,31+,32-,34-,38+,39+,40-;20-,25-,26-,27+,28+,29+,30-,32-,36+,37+,38-;;;/m00.../s1. The fourth-order valence-electron chi connectivity index (χ4n) is 16.8. The fraction of sp³-hybridized carbons (Fsp3) is 0.512. The molecule has 12 rings (SSSR count). The maximum Gasteiger partial charge on any atom is 0.350 e. The molecule has 22 atom stereocenters. The first kappa shape index (κ1) is 91.3. The molecule has 0 spiro atoms. The van der Waals surface area contributed by atoms with Gasteiger partial charge in [0.2, 0.25) is 6.10 Å². The number of ketones is 2. The molecule has 0 aromatic heterocycles. The van der Waals surface area contributed by atoms with E-state index in [0.717, 1.165) is 13.8 Å². The number of alkyl halides is 1. The van der Waals surface area contributed by atoms with Crippen LogP contribution in [0.4, 0.5) is 0 Å². The van der Waals surface area contributed by atoms with Gasteiger partial charge in [0.15, 0.2) is 29.9 Å². The molecule has 0 unspecified atom stereocenters. The summed E-state index contributed by atoms with van der Waals surface area (Å²) < 4.78 is 51.8. The molecule has 9 N–H and O–H groups in total. The number of Topliss-reactive ketones (excluding diaryl/α,β-unsaturated/α-hetero) is 2. The number of halogens is 1. The van der Waals surface area contributed by atoms with Gasteiger partial charge in [-0.2, -0.15) is 0 Å². The van der Waals surface area contributed by atoms with Crippen molar-refractivity contribution in [3.05, 3.63) is 166 Å². The van der Waals surface area contributed by atoms with Crippen molar-refractivity contribution in [3.63, 3.8) is 0 Å². The Morgan fingerprint density at radius 2 is 0.866 bits per heavy atom. The predicted octanol–water partition coefficient (Wildman–Crippen LogP) is 4.17. The van der Waals surface area contributed by atoms with Crippen LogP contribution >= 0.6 is 11.6 Å². The third-order valence-corrected chi connectivity index (χ3v) is 23.0. The maximum absolute atomic E-state index is 14.9. The molecule has 6 fully saturated rings. The molecule has 29 nitrogen and oxygen atoms in total. The van der Waals surface area contributed by atoms with Gasteiger partial charge in [0.05, 0.1) is 71.7 Å². The van der Waals surface area contributed by atoms with Gasteiger partial charge < -0.3 is 89.0 Å². The Morgan fingerprint density at radius 1 is 0.527 bits per heavy atom. The monoisotopic (exact) mass is 2000 g/mol. The second-order valence-corrected chi connectivity index (χ2v) is 29.9. The van der Waals surface area contributed by atoms with Crippen molar-refractivity contribution in [1.29, 1.82) is 0 Å². The van der Waals surface area contributed by atoms with Crippen molar-refractivity contribution in [2.75, 3.05) is 19.1 Å². The minimum atomic E-state index is -2.27. The third-order valence-electron chi connectivity index (χ3n) is 22.8. The molecule has 4 aromatic carbocycles. The van der Waals surface area contributed by atoms with E-state index in [9.17, 15) is 88.5 Å². The first-order valence-electron chi connectivity index (χ1n) is 36.3. The summed E-state index contributed by atoms with van der Waals surface area (Å²) in [6.45, 7) is 14.1. The van der Waals surface area contributed by atoms with Crippen LogP contribution in [0.2, 0.25) is 0 Å². The Labute approximate surface area is 722 Å². The average molecular weight is 2000 g/mol. The van der Waals surface area contributed by atoms with Gasteiger partial charge in [-0.1, -0.05) is 86.6 Å². The van der Waals surface area contributed by atoms with Gasteiger partial charge in [0, 0.05) is 163 Å². The number of carbonyl (C=O) groups excluding carboxylic acids is 11. The summed E-state index contributed by atoms with van der Waals surface area (Å²) in [6.07, 6.45) is -20.6. The minimum Gasteiger partial charge on any atom is -0.456 e. The van der Waals surface area contributed by atoms with Crippen LogP contribution in [0.25, 0.3) is 0 Å². The number of carbonyl (C=O) groups is 11. The van der Waals surface area contributed by atoms with Gasteiger partial charge >= 0.3 is 41.8 Å². The van der Waals surface area contributed by atoms with E-state index in [-0.39, 0.29) is 153 Å². The molecule has 4 saturated carbocycles. The van der Waals surface area contributed by atoms with Crippen LogP contribution in [0.1, 0.15) is 149 Å². The summed E-state index contributed by atoms with van der Waals surface area (Å²) in [7, 11) is 0. The Bertz CT molecular complexity index is 4250. The van der Waals surface area contributed by atoms with Gasteiger partial charge in [-0.3, -0.25) is 33.6 Å². The van der Waals surface area contributed by atoms with E-state index in [4.69, 9.17) is 54.2 Å². The number of aliphatic hydroxyl groups excluding tert-OH is 3. The van der Waals surface area contributed by atoms with Crippen molar-refractivity contribution >= 4 is 76.8 Å². The number of esters is 7. The van der Waals surface area contributed by atoms with Crippen LogP contribution in [0.3, 0.4) is 0 Å². The fourth-order valence-corrected chi connectivity index (χ4v) is 16.8. The van der Waals surface area contributed by atoms with Crippen LogP contribution in [0, 0.1) is 111 Å². The second kappa shape index (κ2) is 36.9. The van der Waals surface area contributed by atoms with Crippen LogP contribution in [0.15, 0.2) is 144 Å². The molecule has 4 bridgehead atoms. The minimum absolute atomic E-state index is 0. The Balaban J connectivity index is 0.000000271. The van der Waals surface area contributed by atoms with E-state index in [1.807, 2.05) is 13.8 Å². The number of ether oxygens (including phenoxy) is 9. The maximum atomic E-state index is 14.9. The Morgan fingerprint density at radius 3 is 1.20 bits per heavy atom. The largest absolute Gasteiger partial charge is 0.456 e. The Hall–Kier alpha value is -6.26. The molecule has 2 aliphatic heterocycles. The van der Waals surface area contributed by atoms with E-state index in [1.54, 1.807) is 84.9 Å². The summed E-state index contributed by atoms with van der Waals surface area (Å²) in [4.78, 5) is 148. The molecule has 112 heavy (non-hydrogen) atoms. The molecule has 8 aliphatic rings.